The predicted molar refractivity (Wildman–Crippen MR) is 81.7 cm³/mol. The Bertz CT molecular complexity index is 512. The molecule has 0 radical (unpaired) electrons. The van der Waals surface area contributed by atoms with Crippen LogP contribution in [-0.2, 0) is 4.74 Å². The molecule has 1 aliphatic heterocycles. The second-order valence-electron chi connectivity index (χ2n) is 5.88. The fourth-order valence-corrected chi connectivity index (χ4v) is 2.28. The van der Waals surface area contributed by atoms with Crippen molar-refractivity contribution in [3.05, 3.63) is 11.8 Å². The molecule has 0 saturated carbocycles. The topological polar surface area (TPSA) is 79.4 Å². The van der Waals surface area contributed by atoms with E-state index in [9.17, 15) is 4.79 Å². The molecular weight excluding hydrogens is 270 g/mol. The number of aromatic nitrogens is 2. The molecule has 7 heteroatoms. The number of hydrogen-bond acceptors (Lipinski definition) is 5. The van der Waals surface area contributed by atoms with E-state index in [0.717, 1.165) is 31.0 Å². The molecular formula is C14H23N5O2. The van der Waals surface area contributed by atoms with E-state index in [1.807, 2.05) is 38.9 Å². The standard InChI is InChI=1S/C14H23N5O2/c1-10-8-11(19(3)4)16-12(15-10)17-13(20)18-14(2)6-5-7-21-9-14/h8H,5-7,9H2,1-4H3,(H2,15,16,17,18,20). The Hall–Kier alpha value is -1.89. The van der Waals surface area contributed by atoms with Crippen LogP contribution >= 0.6 is 0 Å². The van der Waals surface area contributed by atoms with E-state index in [1.54, 1.807) is 0 Å². The lowest BCUT2D eigenvalue weighted by molar-refractivity contribution is 0.0342. The number of carbonyl (C=O) groups excluding carboxylic acids is 1. The van der Waals surface area contributed by atoms with Crippen molar-refractivity contribution in [2.75, 3.05) is 37.5 Å². The van der Waals surface area contributed by atoms with Crippen LogP contribution in [0.25, 0.3) is 0 Å². The summed E-state index contributed by atoms with van der Waals surface area (Å²) >= 11 is 0. The first kappa shape index (κ1) is 15.5. The van der Waals surface area contributed by atoms with E-state index in [-0.39, 0.29) is 11.6 Å². The summed E-state index contributed by atoms with van der Waals surface area (Å²) < 4.78 is 5.43. The first-order valence-corrected chi connectivity index (χ1v) is 7.08. The van der Waals surface area contributed by atoms with Crippen molar-refractivity contribution in [1.82, 2.24) is 15.3 Å². The van der Waals surface area contributed by atoms with Crippen LogP contribution in [-0.4, -0.2) is 48.8 Å². The van der Waals surface area contributed by atoms with Gasteiger partial charge in [-0.05, 0) is 26.7 Å². The Morgan fingerprint density at radius 3 is 2.81 bits per heavy atom. The van der Waals surface area contributed by atoms with E-state index in [1.165, 1.54) is 0 Å². The largest absolute Gasteiger partial charge is 0.379 e. The maximum atomic E-state index is 12.1. The summed E-state index contributed by atoms with van der Waals surface area (Å²) in [6.45, 7) is 5.13. The van der Waals surface area contributed by atoms with E-state index in [0.29, 0.717) is 12.6 Å². The third-order valence-corrected chi connectivity index (χ3v) is 3.38. The van der Waals surface area contributed by atoms with Gasteiger partial charge in [-0.25, -0.2) is 9.78 Å². The Morgan fingerprint density at radius 1 is 1.43 bits per heavy atom. The highest BCUT2D eigenvalue weighted by Gasteiger charge is 2.29. The molecule has 1 aromatic rings. The maximum absolute atomic E-state index is 12.1. The van der Waals surface area contributed by atoms with Gasteiger partial charge in [0.1, 0.15) is 5.82 Å². The molecule has 1 aromatic heterocycles. The van der Waals surface area contributed by atoms with Gasteiger partial charge in [-0.2, -0.15) is 4.98 Å². The third-order valence-electron chi connectivity index (χ3n) is 3.38. The van der Waals surface area contributed by atoms with Gasteiger partial charge in [-0.1, -0.05) is 0 Å². The van der Waals surface area contributed by atoms with Gasteiger partial charge < -0.3 is 15.0 Å². The number of aryl methyl sites for hydroxylation is 1. The van der Waals surface area contributed by atoms with Gasteiger partial charge in [-0.3, -0.25) is 5.32 Å². The minimum absolute atomic E-state index is 0.302. The molecule has 1 aliphatic rings. The molecule has 0 aromatic carbocycles. The molecule has 1 fully saturated rings. The molecule has 116 valence electrons. The van der Waals surface area contributed by atoms with Gasteiger partial charge in [-0.15, -0.1) is 0 Å². The number of amides is 2. The molecule has 1 saturated heterocycles. The van der Waals surface area contributed by atoms with Crippen molar-refractivity contribution in [3.8, 4) is 0 Å². The minimum Gasteiger partial charge on any atom is -0.379 e. The van der Waals surface area contributed by atoms with Crippen LogP contribution in [0.4, 0.5) is 16.6 Å². The summed E-state index contributed by atoms with van der Waals surface area (Å²) in [5.41, 5.74) is 0.465. The monoisotopic (exact) mass is 293 g/mol. The minimum atomic E-state index is -0.337. The summed E-state index contributed by atoms with van der Waals surface area (Å²) in [5, 5.41) is 5.64. The normalized spacial score (nSPS) is 21.7. The third kappa shape index (κ3) is 4.29. The first-order valence-electron chi connectivity index (χ1n) is 7.08. The van der Waals surface area contributed by atoms with E-state index < -0.39 is 0 Å². The molecule has 1 atom stereocenters. The van der Waals surface area contributed by atoms with Gasteiger partial charge in [0.15, 0.2) is 0 Å². The number of carbonyl (C=O) groups is 1. The summed E-state index contributed by atoms with van der Waals surface area (Å²) in [4.78, 5) is 22.5. The van der Waals surface area contributed by atoms with Crippen molar-refractivity contribution in [2.24, 2.45) is 0 Å². The second-order valence-corrected chi connectivity index (χ2v) is 5.88. The number of urea groups is 1. The van der Waals surface area contributed by atoms with Gasteiger partial charge in [0.05, 0.1) is 12.1 Å². The average molecular weight is 293 g/mol. The molecule has 21 heavy (non-hydrogen) atoms. The first-order chi connectivity index (χ1) is 9.88. The number of anilines is 2. The number of ether oxygens (including phenoxy) is 1. The highest BCUT2D eigenvalue weighted by Crippen LogP contribution is 2.18. The Balaban J connectivity index is 2.02. The van der Waals surface area contributed by atoms with Crippen LogP contribution in [0.3, 0.4) is 0 Å². The molecule has 0 spiro atoms. The van der Waals surface area contributed by atoms with Crippen molar-refractivity contribution in [1.29, 1.82) is 0 Å². The average Bonchev–Trinajstić information content (AvgIpc) is 2.37. The van der Waals surface area contributed by atoms with Crippen molar-refractivity contribution in [3.63, 3.8) is 0 Å². The van der Waals surface area contributed by atoms with Gasteiger partial charge in [0.2, 0.25) is 5.95 Å². The van der Waals surface area contributed by atoms with Gasteiger partial charge >= 0.3 is 6.03 Å². The molecule has 2 heterocycles. The lowest BCUT2D eigenvalue weighted by atomic mass is 9.95. The molecule has 0 bridgehead atoms. The second kappa shape index (κ2) is 6.26. The fraction of sp³-hybridized carbons (Fsp3) is 0.643. The summed E-state index contributed by atoms with van der Waals surface area (Å²) in [6.07, 6.45) is 1.85. The zero-order chi connectivity index (χ0) is 15.5. The lowest BCUT2D eigenvalue weighted by Gasteiger charge is -2.34. The molecule has 2 N–H and O–H groups in total. The van der Waals surface area contributed by atoms with Crippen molar-refractivity contribution >= 4 is 17.8 Å². The van der Waals surface area contributed by atoms with Crippen molar-refractivity contribution < 1.29 is 9.53 Å². The van der Waals surface area contributed by atoms with Crippen LogP contribution in [0.5, 0.6) is 0 Å². The number of nitrogens with zero attached hydrogens (tertiary/aromatic N) is 3. The van der Waals surface area contributed by atoms with E-state index in [2.05, 4.69) is 20.6 Å². The van der Waals surface area contributed by atoms with Gasteiger partial charge in [0, 0.05) is 32.5 Å². The Kier molecular flexibility index (Phi) is 4.62. The number of hydrogen-bond donors (Lipinski definition) is 2. The molecule has 2 amide bonds. The molecule has 2 rings (SSSR count). The van der Waals surface area contributed by atoms with E-state index in [4.69, 9.17) is 4.74 Å². The smallest absolute Gasteiger partial charge is 0.322 e. The maximum Gasteiger partial charge on any atom is 0.322 e. The van der Waals surface area contributed by atoms with Gasteiger partial charge in [0.25, 0.3) is 0 Å². The van der Waals surface area contributed by atoms with Crippen molar-refractivity contribution in [2.45, 2.75) is 32.2 Å². The Morgan fingerprint density at radius 2 is 2.19 bits per heavy atom. The number of nitrogens with one attached hydrogen (secondary N) is 2. The summed E-state index contributed by atoms with van der Waals surface area (Å²) in [6, 6.07) is 1.55. The lowest BCUT2D eigenvalue weighted by Crippen LogP contribution is -2.53. The van der Waals surface area contributed by atoms with Crippen LogP contribution in [0.2, 0.25) is 0 Å². The molecule has 7 nitrogen and oxygen atoms in total. The number of rotatable bonds is 3. The summed E-state index contributed by atoms with van der Waals surface area (Å²) in [5.74, 6) is 1.06. The quantitative estimate of drug-likeness (QED) is 0.883. The molecule has 1 unspecified atom stereocenters. The zero-order valence-electron chi connectivity index (χ0n) is 13.1. The predicted octanol–water partition coefficient (Wildman–Crippen LogP) is 1.54. The van der Waals surface area contributed by atoms with Crippen LogP contribution in [0.1, 0.15) is 25.5 Å². The van der Waals surface area contributed by atoms with Crippen LogP contribution in [0.15, 0.2) is 6.07 Å². The highest BCUT2D eigenvalue weighted by atomic mass is 16.5. The Labute approximate surface area is 125 Å². The fourth-order valence-electron chi connectivity index (χ4n) is 2.28. The van der Waals surface area contributed by atoms with Crippen LogP contribution in [0, 0.1) is 6.92 Å². The SMILES string of the molecule is Cc1cc(N(C)C)nc(NC(=O)NC2(C)CCCOC2)n1. The van der Waals surface area contributed by atoms with E-state index >= 15 is 0 Å². The zero-order valence-corrected chi connectivity index (χ0v) is 13.1. The molecule has 0 aliphatic carbocycles. The highest BCUT2D eigenvalue weighted by molar-refractivity contribution is 5.88. The summed E-state index contributed by atoms with van der Waals surface area (Å²) in [7, 11) is 3.79. The van der Waals surface area contributed by atoms with Crippen LogP contribution < -0.4 is 15.5 Å².